The topological polar surface area (TPSA) is 43.1 Å². The minimum absolute atomic E-state index is 0.215. The van der Waals surface area contributed by atoms with Crippen molar-refractivity contribution in [3.8, 4) is 0 Å². The number of carbonyl (C=O) groups is 1. The number of carbonyl (C=O) groups excluding carboxylic acids is 1. The molecule has 59 valence electrons. The van der Waals surface area contributed by atoms with Crippen molar-refractivity contribution < 1.29 is 4.79 Å². The van der Waals surface area contributed by atoms with Gasteiger partial charge in [0.2, 0.25) is 5.91 Å². The number of nitrogens with two attached hydrogens (primary N) is 1. The Morgan fingerprint density at radius 2 is 1.90 bits per heavy atom. The van der Waals surface area contributed by atoms with Gasteiger partial charge >= 0.3 is 0 Å². The van der Waals surface area contributed by atoms with Gasteiger partial charge in [0, 0.05) is 5.41 Å². The van der Waals surface area contributed by atoms with Crippen molar-refractivity contribution in [2.75, 3.05) is 0 Å². The van der Waals surface area contributed by atoms with Crippen LogP contribution in [0.2, 0.25) is 0 Å². The number of hydrogen-bond donors (Lipinski definition) is 1. The molecule has 0 aromatic rings. The fourth-order valence-corrected chi connectivity index (χ4v) is 1.08. The van der Waals surface area contributed by atoms with E-state index in [0.29, 0.717) is 6.42 Å². The second-order valence-electron chi connectivity index (χ2n) is 2.60. The van der Waals surface area contributed by atoms with Crippen LogP contribution in [-0.4, -0.2) is 5.91 Å². The van der Waals surface area contributed by atoms with Crippen LogP contribution in [0.4, 0.5) is 0 Å². The monoisotopic (exact) mass is 142 g/mol. The van der Waals surface area contributed by atoms with Gasteiger partial charge in [-0.25, -0.2) is 0 Å². The molecular weight excluding hydrogens is 126 g/mol. The van der Waals surface area contributed by atoms with E-state index in [1.54, 1.807) is 0 Å². The quantitative estimate of drug-likeness (QED) is 0.635. The van der Waals surface area contributed by atoms with E-state index in [-0.39, 0.29) is 11.3 Å². The average Bonchev–Trinajstić information content (AvgIpc) is 1.92. The summed E-state index contributed by atoms with van der Waals surface area (Å²) in [5.41, 5.74) is 4.88. The Labute approximate surface area is 62.8 Å². The second kappa shape index (κ2) is 3.59. The Bertz CT molecular complexity index is 108. The molecule has 2 nitrogen and oxygen atoms in total. The molecule has 2 heteroatoms. The van der Waals surface area contributed by atoms with E-state index in [1.165, 1.54) is 0 Å². The molecule has 1 radical (unpaired) electrons. The van der Waals surface area contributed by atoms with Crippen molar-refractivity contribution in [2.45, 2.75) is 33.1 Å². The first-order valence-corrected chi connectivity index (χ1v) is 3.72. The van der Waals surface area contributed by atoms with Crippen LogP contribution >= 0.6 is 0 Å². The van der Waals surface area contributed by atoms with Crippen LogP contribution in [0.15, 0.2) is 0 Å². The Balaban J connectivity index is 4.31. The average molecular weight is 142 g/mol. The van der Waals surface area contributed by atoms with Crippen LogP contribution in [0.1, 0.15) is 33.1 Å². The highest BCUT2D eigenvalue weighted by Crippen LogP contribution is 2.29. The summed E-state index contributed by atoms with van der Waals surface area (Å²) in [5.74, 6) is -0.215. The summed E-state index contributed by atoms with van der Waals surface area (Å²) in [7, 11) is 0. The largest absolute Gasteiger partial charge is 0.369 e. The molecule has 0 aromatic carbocycles. The maximum atomic E-state index is 10.9. The zero-order chi connectivity index (χ0) is 8.20. The van der Waals surface area contributed by atoms with Gasteiger partial charge < -0.3 is 5.73 Å². The molecule has 0 saturated carbocycles. The van der Waals surface area contributed by atoms with Crippen molar-refractivity contribution >= 4 is 5.91 Å². The van der Waals surface area contributed by atoms with Crippen LogP contribution in [0, 0.1) is 12.3 Å². The zero-order valence-corrected chi connectivity index (χ0v) is 6.81. The molecular formula is C8H16NO. The fraction of sp³-hybridized carbons (Fsp3) is 0.750. The number of primary amides is 1. The predicted octanol–water partition coefficient (Wildman–Crippen LogP) is 1.50. The van der Waals surface area contributed by atoms with E-state index in [2.05, 4.69) is 6.92 Å². The summed E-state index contributed by atoms with van der Waals surface area (Å²) in [5, 5.41) is 0. The van der Waals surface area contributed by atoms with Gasteiger partial charge in [0.1, 0.15) is 0 Å². The van der Waals surface area contributed by atoms with Gasteiger partial charge in [-0.1, -0.05) is 20.8 Å². The Morgan fingerprint density at radius 1 is 1.50 bits per heavy atom. The molecule has 0 heterocycles. The highest BCUT2D eigenvalue weighted by atomic mass is 16.1. The van der Waals surface area contributed by atoms with Gasteiger partial charge in [-0.15, -0.1) is 0 Å². The molecule has 0 aliphatic carbocycles. The van der Waals surface area contributed by atoms with Crippen LogP contribution in [-0.2, 0) is 4.79 Å². The van der Waals surface area contributed by atoms with Crippen molar-refractivity contribution in [3.63, 3.8) is 0 Å². The highest BCUT2D eigenvalue weighted by molar-refractivity contribution is 5.80. The second-order valence-corrected chi connectivity index (χ2v) is 2.60. The third kappa shape index (κ3) is 1.49. The third-order valence-electron chi connectivity index (χ3n) is 2.35. The Kier molecular flexibility index (Phi) is 3.40. The number of rotatable bonds is 4. The van der Waals surface area contributed by atoms with Gasteiger partial charge in [0.15, 0.2) is 0 Å². The highest BCUT2D eigenvalue weighted by Gasteiger charge is 2.29. The molecule has 0 aliphatic rings. The van der Waals surface area contributed by atoms with E-state index in [0.717, 1.165) is 12.8 Å². The molecule has 0 fully saturated rings. The molecule has 0 atom stereocenters. The first kappa shape index (κ1) is 9.47. The van der Waals surface area contributed by atoms with Crippen molar-refractivity contribution in [1.82, 2.24) is 0 Å². The SMILES string of the molecule is [CH2]CC(CC)(CC)C(N)=O. The molecule has 0 rings (SSSR count). The van der Waals surface area contributed by atoms with E-state index in [1.807, 2.05) is 13.8 Å². The molecule has 0 spiro atoms. The van der Waals surface area contributed by atoms with E-state index in [4.69, 9.17) is 5.73 Å². The molecule has 0 unspecified atom stereocenters. The third-order valence-corrected chi connectivity index (χ3v) is 2.35. The number of amides is 1. The maximum absolute atomic E-state index is 10.9. The summed E-state index contributed by atoms with van der Waals surface area (Å²) in [6.07, 6.45) is 2.19. The summed E-state index contributed by atoms with van der Waals surface area (Å²) in [4.78, 5) is 10.9. The Morgan fingerprint density at radius 3 is 1.90 bits per heavy atom. The van der Waals surface area contributed by atoms with Crippen molar-refractivity contribution in [3.05, 3.63) is 6.92 Å². The normalized spacial score (nSPS) is 11.5. The summed E-state index contributed by atoms with van der Waals surface area (Å²) in [6, 6.07) is 0. The van der Waals surface area contributed by atoms with Crippen LogP contribution in [0.3, 0.4) is 0 Å². The molecule has 0 aromatic heterocycles. The van der Waals surface area contributed by atoms with Gasteiger partial charge in [0.25, 0.3) is 0 Å². The van der Waals surface area contributed by atoms with Crippen LogP contribution < -0.4 is 5.73 Å². The van der Waals surface area contributed by atoms with E-state index >= 15 is 0 Å². The number of hydrogen-bond acceptors (Lipinski definition) is 1. The maximum Gasteiger partial charge on any atom is 0.223 e. The predicted molar refractivity (Wildman–Crippen MR) is 42.2 cm³/mol. The molecule has 10 heavy (non-hydrogen) atoms. The lowest BCUT2D eigenvalue weighted by atomic mass is 9.79. The summed E-state index contributed by atoms with van der Waals surface area (Å²) in [6.45, 7) is 7.66. The smallest absolute Gasteiger partial charge is 0.223 e. The minimum Gasteiger partial charge on any atom is -0.369 e. The standard InChI is InChI=1S/C8H16NO/c1-4-8(5-2,6-3)7(9)10/h1,4-6H2,2-3H3,(H2,9,10). The molecule has 0 saturated heterocycles. The van der Waals surface area contributed by atoms with E-state index in [9.17, 15) is 4.79 Å². The molecule has 2 N–H and O–H groups in total. The van der Waals surface area contributed by atoms with Crippen molar-refractivity contribution in [2.24, 2.45) is 11.1 Å². The summed E-state index contributed by atoms with van der Waals surface area (Å²) >= 11 is 0. The van der Waals surface area contributed by atoms with Gasteiger partial charge in [-0.3, -0.25) is 4.79 Å². The molecule has 0 bridgehead atoms. The zero-order valence-electron chi connectivity index (χ0n) is 6.81. The fourth-order valence-electron chi connectivity index (χ4n) is 1.08. The first-order chi connectivity index (χ1) is 4.63. The first-order valence-electron chi connectivity index (χ1n) is 3.72. The Hall–Kier alpha value is -0.530. The van der Waals surface area contributed by atoms with Crippen molar-refractivity contribution in [1.29, 1.82) is 0 Å². The minimum atomic E-state index is -0.347. The van der Waals surface area contributed by atoms with Crippen LogP contribution in [0.25, 0.3) is 0 Å². The molecule has 0 aliphatic heterocycles. The lowest BCUT2D eigenvalue weighted by molar-refractivity contribution is -0.128. The van der Waals surface area contributed by atoms with E-state index < -0.39 is 0 Å². The lowest BCUT2D eigenvalue weighted by Gasteiger charge is -2.25. The summed E-state index contributed by atoms with van der Waals surface area (Å²) < 4.78 is 0. The van der Waals surface area contributed by atoms with Gasteiger partial charge in [0.05, 0.1) is 0 Å². The van der Waals surface area contributed by atoms with Gasteiger partial charge in [-0.05, 0) is 19.3 Å². The van der Waals surface area contributed by atoms with Gasteiger partial charge in [-0.2, -0.15) is 0 Å². The molecule has 1 amide bonds. The van der Waals surface area contributed by atoms with Crippen LogP contribution in [0.5, 0.6) is 0 Å². The lowest BCUT2D eigenvalue weighted by Crippen LogP contribution is -2.35.